The molecule has 0 bridgehead atoms. The molecule has 5 heteroatoms. The monoisotopic (exact) mass is 193 g/mol. The minimum absolute atomic E-state index is 0.555. The van der Waals surface area contributed by atoms with Crippen molar-refractivity contribution in [2.75, 3.05) is 6.54 Å². The van der Waals surface area contributed by atoms with Crippen LogP contribution < -0.4 is 11.1 Å². The standard InChI is InChI=1S/C9H15N5/c10-9(13-8-2-3-8)11-5-7-14-6-1-4-12-14/h1,4,6,8H,2-3,5,7H2,(H3,10,11,13). The van der Waals surface area contributed by atoms with Crippen molar-refractivity contribution in [1.82, 2.24) is 15.1 Å². The number of aliphatic imine (C=N–C) groups is 1. The summed E-state index contributed by atoms with van der Waals surface area (Å²) in [4.78, 5) is 4.20. The van der Waals surface area contributed by atoms with Crippen LogP contribution >= 0.6 is 0 Å². The van der Waals surface area contributed by atoms with Gasteiger partial charge in [0.25, 0.3) is 0 Å². The molecule has 0 unspecified atom stereocenters. The maximum absolute atomic E-state index is 5.66. The van der Waals surface area contributed by atoms with Gasteiger partial charge in [-0.25, -0.2) is 0 Å². The Morgan fingerprint density at radius 3 is 3.14 bits per heavy atom. The van der Waals surface area contributed by atoms with E-state index >= 15 is 0 Å². The van der Waals surface area contributed by atoms with Gasteiger partial charge in [0.05, 0.1) is 13.1 Å². The fourth-order valence-electron chi connectivity index (χ4n) is 1.19. The fraction of sp³-hybridized carbons (Fsp3) is 0.556. The van der Waals surface area contributed by atoms with Gasteiger partial charge in [0.2, 0.25) is 0 Å². The van der Waals surface area contributed by atoms with Gasteiger partial charge in [-0.3, -0.25) is 9.67 Å². The third-order valence-electron chi connectivity index (χ3n) is 2.10. The molecule has 0 aliphatic heterocycles. The van der Waals surface area contributed by atoms with Crippen molar-refractivity contribution < 1.29 is 0 Å². The zero-order valence-electron chi connectivity index (χ0n) is 8.06. The van der Waals surface area contributed by atoms with Crippen molar-refractivity contribution in [2.45, 2.75) is 25.4 Å². The molecule has 1 aliphatic carbocycles. The third kappa shape index (κ3) is 2.76. The van der Waals surface area contributed by atoms with Crippen LogP contribution in [0, 0.1) is 0 Å². The summed E-state index contributed by atoms with van der Waals surface area (Å²) in [5, 5.41) is 7.20. The second kappa shape index (κ2) is 4.13. The predicted octanol–water partition coefficient (Wildman–Crippen LogP) is -0.0502. The number of guanidine groups is 1. The third-order valence-corrected chi connectivity index (χ3v) is 2.10. The van der Waals surface area contributed by atoms with E-state index in [0.717, 1.165) is 6.54 Å². The smallest absolute Gasteiger partial charge is 0.188 e. The lowest BCUT2D eigenvalue weighted by atomic mass is 10.6. The molecular formula is C9H15N5. The predicted molar refractivity (Wildman–Crippen MR) is 54.9 cm³/mol. The van der Waals surface area contributed by atoms with E-state index in [9.17, 15) is 0 Å². The molecule has 0 amide bonds. The van der Waals surface area contributed by atoms with Gasteiger partial charge in [-0.15, -0.1) is 0 Å². The molecule has 3 N–H and O–H groups in total. The normalized spacial score (nSPS) is 17.0. The summed E-state index contributed by atoms with van der Waals surface area (Å²) in [7, 11) is 0. The molecule has 0 aromatic carbocycles. The zero-order chi connectivity index (χ0) is 9.80. The lowest BCUT2D eigenvalue weighted by Crippen LogP contribution is -2.33. The Kier molecular flexibility index (Phi) is 2.67. The first-order chi connectivity index (χ1) is 6.84. The summed E-state index contributed by atoms with van der Waals surface area (Å²) in [5.41, 5.74) is 5.66. The summed E-state index contributed by atoms with van der Waals surface area (Å²) in [5.74, 6) is 0.555. The van der Waals surface area contributed by atoms with E-state index in [1.54, 1.807) is 6.20 Å². The number of hydrogen-bond acceptors (Lipinski definition) is 2. The van der Waals surface area contributed by atoms with E-state index < -0.39 is 0 Å². The number of aromatic nitrogens is 2. The molecule has 0 spiro atoms. The van der Waals surface area contributed by atoms with E-state index in [-0.39, 0.29) is 0 Å². The highest BCUT2D eigenvalue weighted by molar-refractivity contribution is 5.78. The maximum Gasteiger partial charge on any atom is 0.188 e. The number of nitrogens with one attached hydrogen (secondary N) is 1. The molecule has 76 valence electrons. The summed E-state index contributed by atoms with van der Waals surface area (Å²) < 4.78 is 1.84. The molecule has 5 nitrogen and oxygen atoms in total. The Morgan fingerprint density at radius 1 is 1.64 bits per heavy atom. The Balaban J connectivity index is 1.69. The molecule has 1 fully saturated rings. The van der Waals surface area contributed by atoms with Gasteiger partial charge in [0.1, 0.15) is 0 Å². The number of hydrogen-bond donors (Lipinski definition) is 2. The number of rotatable bonds is 4. The summed E-state index contributed by atoms with van der Waals surface area (Å²) in [6.45, 7) is 1.45. The van der Waals surface area contributed by atoms with Crippen LogP contribution in [0.5, 0.6) is 0 Å². The van der Waals surface area contributed by atoms with Crippen LogP contribution in [0.1, 0.15) is 12.8 Å². The van der Waals surface area contributed by atoms with E-state index in [1.807, 2.05) is 16.9 Å². The van der Waals surface area contributed by atoms with Crippen molar-refractivity contribution in [3.05, 3.63) is 18.5 Å². The minimum atomic E-state index is 0.555. The zero-order valence-corrected chi connectivity index (χ0v) is 8.06. The van der Waals surface area contributed by atoms with Crippen LogP contribution in [0.15, 0.2) is 23.5 Å². The van der Waals surface area contributed by atoms with Crippen LogP contribution in [-0.4, -0.2) is 28.3 Å². The molecule has 1 saturated carbocycles. The first-order valence-electron chi connectivity index (χ1n) is 4.88. The van der Waals surface area contributed by atoms with E-state index in [4.69, 9.17) is 5.73 Å². The van der Waals surface area contributed by atoms with Gasteiger partial charge >= 0.3 is 0 Å². The van der Waals surface area contributed by atoms with Crippen LogP contribution in [-0.2, 0) is 6.54 Å². The van der Waals surface area contributed by atoms with Crippen LogP contribution in [0.25, 0.3) is 0 Å². The SMILES string of the molecule is NC(=NCCn1cccn1)NC1CC1. The lowest BCUT2D eigenvalue weighted by Gasteiger charge is -2.02. The largest absolute Gasteiger partial charge is 0.370 e. The van der Waals surface area contributed by atoms with Crippen LogP contribution in [0.4, 0.5) is 0 Å². The van der Waals surface area contributed by atoms with Gasteiger partial charge in [0.15, 0.2) is 5.96 Å². The van der Waals surface area contributed by atoms with Gasteiger partial charge in [0, 0.05) is 18.4 Å². The average Bonchev–Trinajstić information content (AvgIpc) is 2.82. The van der Waals surface area contributed by atoms with Gasteiger partial charge in [-0.1, -0.05) is 0 Å². The summed E-state index contributed by atoms with van der Waals surface area (Å²) in [6.07, 6.45) is 6.11. The molecular weight excluding hydrogens is 178 g/mol. The van der Waals surface area contributed by atoms with Crippen molar-refractivity contribution >= 4 is 5.96 Å². The van der Waals surface area contributed by atoms with E-state index in [1.165, 1.54) is 12.8 Å². The lowest BCUT2D eigenvalue weighted by molar-refractivity contribution is 0.624. The van der Waals surface area contributed by atoms with E-state index in [0.29, 0.717) is 18.5 Å². The van der Waals surface area contributed by atoms with E-state index in [2.05, 4.69) is 15.4 Å². The highest BCUT2D eigenvalue weighted by Crippen LogP contribution is 2.17. The molecule has 0 atom stereocenters. The van der Waals surface area contributed by atoms with Gasteiger partial charge < -0.3 is 11.1 Å². The first-order valence-corrected chi connectivity index (χ1v) is 4.88. The Labute approximate surface area is 83.0 Å². The summed E-state index contributed by atoms with van der Waals surface area (Å²) in [6, 6.07) is 2.47. The highest BCUT2D eigenvalue weighted by atomic mass is 15.3. The molecule has 0 saturated heterocycles. The van der Waals surface area contributed by atoms with Crippen molar-refractivity contribution in [2.24, 2.45) is 10.7 Å². The van der Waals surface area contributed by atoms with Gasteiger partial charge in [-0.2, -0.15) is 5.10 Å². The highest BCUT2D eigenvalue weighted by Gasteiger charge is 2.21. The van der Waals surface area contributed by atoms with Crippen LogP contribution in [0.2, 0.25) is 0 Å². The van der Waals surface area contributed by atoms with Crippen molar-refractivity contribution in [3.8, 4) is 0 Å². The number of nitrogens with zero attached hydrogens (tertiary/aromatic N) is 3. The van der Waals surface area contributed by atoms with Gasteiger partial charge in [-0.05, 0) is 18.9 Å². The topological polar surface area (TPSA) is 68.2 Å². The molecule has 1 heterocycles. The van der Waals surface area contributed by atoms with Crippen LogP contribution in [0.3, 0.4) is 0 Å². The number of nitrogens with two attached hydrogens (primary N) is 1. The molecule has 0 radical (unpaired) electrons. The summed E-state index contributed by atoms with van der Waals surface area (Å²) >= 11 is 0. The molecule has 2 rings (SSSR count). The first kappa shape index (κ1) is 9.05. The van der Waals surface area contributed by atoms with Crippen molar-refractivity contribution in [1.29, 1.82) is 0 Å². The Bertz CT molecular complexity index is 299. The van der Waals surface area contributed by atoms with Crippen molar-refractivity contribution in [3.63, 3.8) is 0 Å². The average molecular weight is 193 g/mol. The maximum atomic E-state index is 5.66. The second-order valence-corrected chi connectivity index (χ2v) is 3.45. The molecule has 14 heavy (non-hydrogen) atoms. The minimum Gasteiger partial charge on any atom is -0.370 e. The quantitative estimate of drug-likeness (QED) is 0.520. The Hall–Kier alpha value is -1.52. The molecule has 1 aromatic heterocycles. The Morgan fingerprint density at radius 2 is 2.50 bits per heavy atom. The molecule has 1 aliphatic rings. The fourth-order valence-corrected chi connectivity index (χ4v) is 1.19. The second-order valence-electron chi connectivity index (χ2n) is 3.45. The molecule has 1 aromatic rings.